The smallest absolute Gasteiger partial charge is 0.407 e. The Morgan fingerprint density at radius 1 is 0.778 bits per heavy atom. The molecule has 0 spiro atoms. The number of hydrogen-bond acceptors (Lipinski definition) is 6. The molecule has 10 nitrogen and oxygen atoms in total. The zero-order valence-corrected chi connectivity index (χ0v) is 23.5. The largest absolute Gasteiger partial charge is 0.444 e. The fraction of sp³-hybridized carbons (Fsp3) is 0.808. The number of rotatable bonds is 15. The van der Waals surface area contributed by atoms with E-state index in [1.807, 2.05) is 13.8 Å². The average molecular weight is 514 g/mol. The number of ether oxygens (including phenoxy) is 2. The van der Waals surface area contributed by atoms with Crippen molar-refractivity contribution in [3.8, 4) is 0 Å². The zero-order chi connectivity index (χ0) is 27.8. The van der Waals surface area contributed by atoms with Gasteiger partial charge in [0.15, 0.2) is 0 Å². The van der Waals surface area contributed by atoms with Crippen molar-refractivity contribution in [2.75, 3.05) is 13.1 Å². The lowest BCUT2D eigenvalue weighted by molar-refractivity contribution is -0.126. The van der Waals surface area contributed by atoms with Gasteiger partial charge in [0.1, 0.15) is 11.2 Å². The van der Waals surface area contributed by atoms with E-state index in [0.29, 0.717) is 58.0 Å². The van der Waals surface area contributed by atoms with Crippen LogP contribution < -0.4 is 21.3 Å². The molecule has 0 saturated carbocycles. The third-order valence-corrected chi connectivity index (χ3v) is 4.90. The minimum atomic E-state index is -0.670. The molecule has 0 aliphatic rings. The van der Waals surface area contributed by atoms with Crippen molar-refractivity contribution in [2.45, 2.75) is 118 Å². The van der Waals surface area contributed by atoms with Gasteiger partial charge in [-0.2, -0.15) is 0 Å². The predicted molar refractivity (Wildman–Crippen MR) is 140 cm³/mol. The van der Waals surface area contributed by atoms with Gasteiger partial charge in [0.25, 0.3) is 0 Å². The van der Waals surface area contributed by atoms with E-state index in [-0.39, 0.29) is 11.8 Å². The highest BCUT2D eigenvalue weighted by atomic mass is 16.6. The topological polar surface area (TPSA) is 135 Å². The quantitative estimate of drug-likeness (QED) is 0.243. The molecule has 0 unspecified atom stereocenters. The van der Waals surface area contributed by atoms with E-state index in [0.717, 1.165) is 0 Å². The first kappa shape index (κ1) is 33.5. The summed E-state index contributed by atoms with van der Waals surface area (Å²) in [6, 6.07) is -0.459. The molecule has 10 heteroatoms. The van der Waals surface area contributed by atoms with Crippen molar-refractivity contribution in [2.24, 2.45) is 5.92 Å². The molecular formula is C26H49N4O6. The van der Waals surface area contributed by atoms with Crippen LogP contribution in [0.5, 0.6) is 0 Å². The fourth-order valence-corrected chi connectivity index (χ4v) is 3.49. The molecule has 0 heterocycles. The minimum Gasteiger partial charge on any atom is -0.444 e. The second kappa shape index (κ2) is 17.0. The Labute approximate surface area is 217 Å². The number of hydrogen-bond donors (Lipinski definition) is 4. The van der Waals surface area contributed by atoms with Crippen LogP contribution in [0.15, 0.2) is 0 Å². The van der Waals surface area contributed by atoms with Crippen LogP contribution in [0.1, 0.15) is 100 Å². The molecule has 0 saturated heterocycles. The van der Waals surface area contributed by atoms with Crippen LogP contribution in [-0.4, -0.2) is 54.3 Å². The molecular weight excluding hydrogens is 464 g/mol. The number of nitrogens with one attached hydrogen (secondary N) is 4. The highest BCUT2D eigenvalue weighted by Crippen LogP contribution is 2.20. The van der Waals surface area contributed by atoms with Gasteiger partial charge >= 0.3 is 12.2 Å². The Balaban J connectivity index is 5.16. The molecule has 4 amide bonds. The van der Waals surface area contributed by atoms with E-state index in [9.17, 15) is 19.2 Å². The van der Waals surface area contributed by atoms with Gasteiger partial charge in [-0.15, -0.1) is 0 Å². The Morgan fingerprint density at radius 2 is 1.36 bits per heavy atom. The molecule has 1 radical (unpaired) electrons. The summed E-state index contributed by atoms with van der Waals surface area (Å²) in [5.41, 5.74) is -1.25. The summed E-state index contributed by atoms with van der Waals surface area (Å²) in [6.45, 7) is 17.1. The number of amides is 4. The first-order valence-corrected chi connectivity index (χ1v) is 13.0. The maximum atomic E-state index is 12.9. The van der Waals surface area contributed by atoms with Crippen molar-refractivity contribution < 1.29 is 28.7 Å². The highest BCUT2D eigenvalue weighted by Gasteiger charge is 2.30. The van der Waals surface area contributed by atoms with Crippen LogP contribution in [0.4, 0.5) is 9.59 Å². The molecule has 36 heavy (non-hydrogen) atoms. The summed E-state index contributed by atoms with van der Waals surface area (Å²) in [6.07, 6.45) is 2.77. The summed E-state index contributed by atoms with van der Waals surface area (Å²) >= 11 is 0. The van der Waals surface area contributed by atoms with Gasteiger partial charge < -0.3 is 30.7 Å². The van der Waals surface area contributed by atoms with Gasteiger partial charge in [0.05, 0.1) is 12.5 Å². The summed E-state index contributed by atoms with van der Waals surface area (Å²) < 4.78 is 10.6. The highest BCUT2D eigenvalue weighted by molar-refractivity contribution is 5.80. The Bertz CT molecular complexity index is 685. The number of alkyl carbamates (subject to hydrolysis) is 2. The fourth-order valence-electron chi connectivity index (χ4n) is 3.49. The molecule has 0 fully saturated rings. The van der Waals surface area contributed by atoms with Crippen molar-refractivity contribution in [1.82, 2.24) is 21.3 Å². The third-order valence-electron chi connectivity index (χ3n) is 4.90. The monoisotopic (exact) mass is 513 g/mol. The lowest BCUT2D eigenvalue weighted by Crippen LogP contribution is -2.48. The summed E-state index contributed by atoms with van der Waals surface area (Å²) in [5, 5.41) is 11.1. The molecule has 0 bridgehead atoms. The van der Waals surface area contributed by atoms with Gasteiger partial charge in [-0.3, -0.25) is 9.59 Å². The van der Waals surface area contributed by atoms with Crippen molar-refractivity contribution in [3.63, 3.8) is 0 Å². The number of unbranched alkanes of at least 4 members (excludes halogenated alkanes) is 2. The molecule has 0 aromatic rings. The first-order chi connectivity index (χ1) is 16.7. The van der Waals surface area contributed by atoms with Gasteiger partial charge in [-0.1, -0.05) is 12.8 Å². The van der Waals surface area contributed by atoms with E-state index in [1.165, 1.54) is 0 Å². The molecule has 0 rings (SSSR count). The van der Waals surface area contributed by atoms with Crippen molar-refractivity contribution >= 4 is 24.0 Å². The summed E-state index contributed by atoms with van der Waals surface area (Å²) in [7, 11) is 0. The van der Waals surface area contributed by atoms with Gasteiger partial charge in [0.2, 0.25) is 11.8 Å². The third kappa shape index (κ3) is 17.8. The molecule has 4 N–H and O–H groups in total. The molecule has 0 aliphatic carbocycles. The summed E-state index contributed by atoms with van der Waals surface area (Å²) in [5.74, 6) is -0.651. The number of carbonyl (C=O) groups excluding carboxylic acids is 4. The predicted octanol–water partition coefficient (Wildman–Crippen LogP) is 4.19. The van der Waals surface area contributed by atoms with Crippen LogP contribution in [0, 0.1) is 12.5 Å². The second-order valence-electron chi connectivity index (χ2n) is 10.7. The first-order valence-electron chi connectivity index (χ1n) is 13.0. The molecule has 0 aromatic carbocycles. The average Bonchev–Trinajstić information content (AvgIpc) is 2.70. The van der Waals surface area contributed by atoms with E-state index >= 15 is 0 Å². The lowest BCUT2D eigenvalue weighted by Gasteiger charge is -2.29. The Hall–Kier alpha value is -2.52. The minimum absolute atomic E-state index is 0.0116. The van der Waals surface area contributed by atoms with E-state index in [4.69, 9.17) is 9.47 Å². The molecule has 0 aliphatic heterocycles. The van der Waals surface area contributed by atoms with E-state index in [1.54, 1.807) is 48.1 Å². The van der Waals surface area contributed by atoms with Gasteiger partial charge in [-0.05, 0) is 81.1 Å². The van der Waals surface area contributed by atoms with Crippen molar-refractivity contribution in [3.05, 3.63) is 6.54 Å². The molecule has 0 aromatic heterocycles. The Morgan fingerprint density at radius 3 is 1.92 bits per heavy atom. The van der Waals surface area contributed by atoms with Gasteiger partial charge in [-0.25, -0.2) is 9.59 Å². The zero-order valence-electron chi connectivity index (χ0n) is 23.5. The van der Waals surface area contributed by atoms with Crippen LogP contribution in [0.3, 0.4) is 0 Å². The van der Waals surface area contributed by atoms with Crippen LogP contribution in [0.2, 0.25) is 0 Å². The summed E-state index contributed by atoms with van der Waals surface area (Å²) in [4.78, 5) is 49.1. The van der Waals surface area contributed by atoms with E-state index in [2.05, 4.69) is 21.3 Å². The van der Waals surface area contributed by atoms with E-state index < -0.39 is 35.3 Å². The molecule has 209 valence electrons. The van der Waals surface area contributed by atoms with Crippen molar-refractivity contribution in [1.29, 1.82) is 0 Å². The normalized spacial score (nSPS) is 13.2. The van der Waals surface area contributed by atoms with Crippen LogP contribution >= 0.6 is 0 Å². The maximum absolute atomic E-state index is 12.9. The second-order valence-corrected chi connectivity index (χ2v) is 10.7. The van der Waals surface area contributed by atoms with Crippen LogP contribution in [0.25, 0.3) is 0 Å². The maximum Gasteiger partial charge on any atom is 0.407 e. The Kier molecular flexibility index (Phi) is 15.8. The lowest BCUT2D eigenvalue weighted by atomic mass is 9.89. The standard InChI is InChI=1S/C26H49N4O6/c1-9-27-21(31)17-12-11-16-20(30-24(34)36-26(6,7)8)19(22(32)28-10-2)15-13-14-18-29-23(33)35-25(3,4)5/h18-20H,9-17H2,1-8H3,(H,27,31)(H,28,32)(H,29,33)(H,30,34)/t19-,20+/m0/s1. The van der Waals surface area contributed by atoms with Gasteiger partial charge in [0, 0.05) is 25.6 Å². The number of carbonyl (C=O) groups is 4. The SMILES string of the molecule is CCNC(=O)CCCC[C@@H](NC(=O)OC(C)(C)C)[C@H](CCC[CH]NC(=O)OC(C)(C)C)C(=O)NCC. The van der Waals surface area contributed by atoms with Crippen LogP contribution in [-0.2, 0) is 19.1 Å². The molecule has 2 atom stereocenters.